The van der Waals surface area contributed by atoms with E-state index >= 15 is 0 Å². The minimum absolute atomic E-state index is 0.0119. The van der Waals surface area contributed by atoms with Crippen LogP contribution in [-0.2, 0) is 11.2 Å². The van der Waals surface area contributed by atoms with Gasteiger partial charge < -0.3 is 10.2 Å². The smallest absolute Gasteiger partial charge is 0.222 e. The molecule has 1 N–H and O–H groups in total. The summed E-state index contributed by atoms with van der Waals surface area (Å²) in [4.78, 5) is 14.2. The van der Waals surface area contributed by atoms with Gasteiger partial charge in [0.15, 0.2) is 0 Å². The Morgan fingerprint density at radius 2 is 2.05 bits per heavy atom. The number of nitrogens with one attached hydrogen (secondary N) is 1. The van der Waals surface area contributed by atoms with Crippen LogP contribution in [0.5, 0.6) is 0 Å². The first-order chi connectivity index (χ1) is 9.02. The number of piperazine rings is 1. The van der Waals surface area contributed by atoms with Crippen LogP contribution < -0.4 is 5.32 Å². The number of hydrogen-bond donors (Lipinski definition) is 1. The summed E-state index contributed by atoms with van der Waals surface area (Å²) in [5.74, 6) is 0.260. The molecular formula is C16H24N2O. The normalized spacial score (nSPS) is 22.3. The molecule has 104 valence electrons. The molecule has 0 spiro atoms. The van der Waals surface area contributed by atoms with Crippen molar-refractivity contribution in [3.05, 3.63) is 35.9 Å². The Morgan fingerprint density at radius 1 is 1.37 bits per heavy atom. The van der Waals surface area contributed by atoms with E-state index in [1.807, 2.05) is 13.0 Å². The Morgan fingerprint density at radius 3 is 2.68 bits per heavy atom. The molecule has 3 heteroatoms. The van der Waals surface area contributed by atoms with Crippen molar-refractivity contribution in [3.63, 3.8) is 0 Å². The Hall–Kier alpha value is -1.35. The largest absolute Gasteiger partial charge is 0.336 e. The van der Waals surface area contributed by atoms with Crippen molar-refractivity contribution in [2.24, 2.45) is 0 Å². The van der Waals surface area contributed by atoms with E-state index in [2.05, 4.69) is 48.3 Å². The Balaban J connectivity index is 2.11. The summed E-state index contributed by atoms with van der Waals surface area (Å²) in [7, 11) is 0. The highest BCUT2D eigenvalue weighted by Crippen LogP contribution is 2.19. The lowest BCUT2D eigenvalue weighted by Crippen LogP contribution is -2.63. The number of benzene rings is 1. The highest BCUT2D eigenvalue weighted by atomic mass is 16.2. The van der Waals surface area contributed by atoms with Crippen molar-refractivity contribution in [2.75, 3.05) is 13.1 Å². The minimum atomic E-state index is 0.0119. The van der Waals surface area contributed by atoms with Crippen LogP contribution in [0, 0.1) is 0 Å². The van der Waals surface area contributed by atoms with E-state index in [-0.39, 0.29) is 17.5 Å². The average Bonchev–Trinajstić information content (AvgIpc) is 2.41. The number of rotatable bonds is 3. The molecule has 0 bridgehead atoms. The molecule has 1 aliphatic rings. The molecule has 19 heavy (non-hydrogen) atoms. The Labute approximate surface area is 116 Å². The third-order valence-corrected chi connectivity index (χ3v) is 3.76. The van der Waals surface area contributed by atoms with E-state index in [0.717, 1.165) is 19.5 Å². The first-order valence-electron chi connectivity index (χ1n) is 7.10. The van der Waals surface area contributed by atoms with Gasteiger partial charge in [-0.2, -0.15) is 0 Å². The molecule has 1 aromatic carbocycles. The molecule has 0 radical (unpaired) electrons. The zero-order valence-corrected chi connectivity index (χ0v) is 12.1. The van der Waals surface area contributed by atoms with Crippen LogP contribution in [-0.4, -0.2) is 35.5 Å². The lowest BCUT2D eigenvalue weighted by atomic mass is 9.95. The van der Waals surface area contributed by atoms with Gasteiger partial charge in [0, 0.05) is 31.1 Å². The van der Waals surface area contributed by atoms with Crippen LogP contribution in [0.15, 0.2) is 30.3 Å². The molecule has 1 aliphatic heterocycles. The van der Waals surface area contributed by atoms with Crippen LogP contribution in [0.3, 0.4) is 0 Å². The first kappa shape index (κ1) is 14.1. The second-order valence-corrected chi connectivity index (χ2v) is 5.98. The van der Waals surface area contributed by atoms with Gasteiger partial charge in [-0.25, -0.2) is 0 Å². The van der Waals surface area contributed by atoms with Crippen molar-refractivity contribution in [2.45, 2.75) is 45.2 Å². The number of amides is 1. The van der Waals surface area contributed by atoms with E-state index in [4.69, 9.17) is 0 Å². The second-order valence-electron chi connectivity index (χ2n) is 5.98. The van der Waals surface area contributed by atoms with Crippen LogP contribution >= 0.6 is 0 Å². The molecule has 3 nitrogen and oxygen atoms in total. The highest BCUT2D eigenvalue weighted by Gasteiger charge is 2.34. The quantitative estimate of drug-likeness (QED) is 0.904. The van der Waals surface area contributed by atoms with Crippen molar-refractivity contribution in [1.29, 1.82) is 0 Å². The molecule has 0 saturated carbocycles. The summed E-state index contributed by atoms with van der Waals surface area (Å²) in [6, 6.07) is 10.7. The van der Waals surface area contributed by atoms with Gasteiger partial charge in [0.25, 0.3) is 0 Å². The van der Waals surface area contributed by atoms with Crippen LogP contribution in [0.25, 0.3) is 0 Å². The Kier molecular flexibility index (Phi) is 4.25. The monoisotopic (exact) mass is 260 g/mol. The molecular weight excluding hydrogens is 236 g/mol. The molecule has 0 aliphatic carbocycles. The number of nitrogens with zero attached hydrogens (tertiary/aromatic N) is 1. The van der Waals surface area contributed by atoms with E-state index < -0.39 is 0 Å². The van der Waals surface area contributed by atoms with Gasteiger partial charge in [0.05, 0.1) is 0 Å². The van der Waals surface area contributed by atoms with Crippen molar-refractivity contribution >= 4 is 5.91 Å². The SMILES string of the molecule is CCC(=O)N1CC(C)(C)NCC1Cc1ccccc1. The third-order valence-electron chi connectivity index (χ3n) is 3.76. The first-order valence-corrected chi connectivity index (χ1v) is 7.10. The lowest BCUT2D eigenvalue weighted by molar-refractivity contribution is -0.135. The maximum absolute atomic E-state index is 12.2. The van der Waals surface area contributed by atoms with Gasteiger partial charge in [0.1, 0.15) is 0 Å². The van der Waals surface area contributed by atoms with Gasteiger partial charge >= 0.3 is 0 Å². The number of carbonyl (C=O) groups is 1. The van der Waals surface area contributed by atoms with Gasteiger partial charge in [-0.15, -0.1) is 0 Å². The summed E-state index contributed by atoms with van der Waals surface area (Å²) < 4.78 is 0. The number of hydrogen-bond acceptors (Lipinski definition) is 2. The predicted octanol–water partition coefficient (Wildman–Crippen LogP) is 2.22. The molecule has 1 heterocycles. The zero-order chi connectivity index (χ0) is 13.9. The molecule has 1 fully saturated rings. The van der Waals surface area contributed by atoms with Crippen molar-refractivity contribution < 1.29 is 4.79 Å². The lowest BCUT2D eigenvalue weighted by Gasteiger charge is -2.44. The molecule has 2 rings (SSSR count). The van der Waals surface area contributed by atoms with Crippen LogP contribution in [0.1, 0.15) is 32.8 Å². The van der Waals surface area contributed by atoms with Crippen molar-refractivity contribution in [1.82, 2.24) is 10.2 Å². The topological polar surface area (TPSA) is 32.3 Å². The Bertz CT molecular complexity index is 428. The summed E-state index contributed by atoms with van der Waals surface area (Å²) in [6.07, 6.45) is 1.51. The fourth-order valence-electron chi connectivity index (χ4n) is 2.68. The average molecular weight is 260 g/mol. The maximum Gasteiger partial charge on any atom is 0.222 e. The number of carbonyl (C=O) groups excluding carboxylic acids is 1. The van der Waals surface area contributed by atoms with Crippen molar-refractivity contribution in [3.8, 4) is 0 Å². The molecule has 1 amide bonds. The maximum atomic E-state index is 12.2. The van der Waals surface area contributed by atoms with E-state index in [1.54, 1.807) is 0 Å². The summed E-state index contributed by atoms with van der Waals surface area (Å²) in [5.41, 5.74) is 1.31. The second kappa shape index (κ2) is 5.74. The summed E-state index contributed by atoms with van der Waals surface area (Å²) >= 11 is 0. The highest BCUT2D eigenvalue weighted by molar-refractivity contribution is 5.76. The standard InChI is InChI=1S/C16H24N2O/c1-4-15(19)18-12-16(2,3)17-11-14(18)10-13-8-6-5-7-9-13/h5-9,14,17H,4,10-12H2,1-3H3. The third kappa shape index (κ3) is 3.57. The fraction of sp³-hybridized carbons (Fsp3) is 0.562. The molecule has 1 aromatic rings. The van der Waals surface area contributed by atoms with E-state index in [0.29, 0.717) is 6.42 Å². The van der Waals surface area contributed by atoms with Gasteiger partial charge in [-0.05, 0) is 25.8 Å². The van der Waals surface area contributed by atoms with Crippen LogP contribution in [0.2, 0.25) is 0 Å². The van der Waals surface area contributed by atoms with E-state index in [9.17, 15) is 4.79 Å². The van der Waals surface area contributed by atoms with Gasteiger partial charge in [0.2, 0.25) is 5.91 Å². The van der Waals surface area contributed by atoms with Crippen LogP contribution in [0.4, 0.5) is 0 Å². The molecule has 1 saturated heterocycles. The zero-order valence-electron chi connectivity index (χ0n) is 12.1. The van der Waals surface area contributed by atoms with Gasteiger partial charge in [-0.1, -0.05) is 37.3 Å². The summed E-state index contributed by atoms with van der Waals surface area (Å²) in [5, 5.41) is 3.54. The molecule has 1 unspecified atom stereocenters. The minimum Gasteiger partial charge on any atom is -0.336 e. The van der Waals surface area contributed by atoms with E-state index in [1.165, 1.54) is 5.56 Å². The summed E-state index contributed by atoms with van der Waals surface area (Å²) in [6.45, 7) is 7.91. The molecule has 1 atom stereocenters. The molecule has 0 aromatic heterocycles. The predicted molar refractivity (Wildman–Crippen MR) is 78.0 cm³/mol. The fourth-order valence-corrected chi connectivity index (χ4v) is 2.68. The van der Waals surface area contributed by atoms with Gasteiger partial charge in [-0.3, -0.25) is 4.79 Å².